The molecule has 0 aromatic heterocycles. The molecule has 2 amide bonds. The van der Waals surface area contributed by atoms with E-state index in [1.807, 2.05) is 0 Å². The van der Waals surface area contributed by atoms with Crippen LogP contribution in [0.1, 0.15) is 23.2 Å². The number of amides is 2. The molecule has 4 N–H and O–H groups in total. The van der Waals surface area contributed by atoms with Gasteiger partial charge in [-0.15, -0.1) is 0 Å². The molecule has 0 radical (unpaired) electrons. The Labute approximate surface area is 117 Å². The number of hydrogen-bond acceptors (Lipinski definition) is 4. The zero-order valence-corrected chi connectivity index (χ0v) is 11.2. The van der Waals surface area contributed by atoms with Gasteiger partial charge >= 0.3 is 0 Å². The van der Waals surface area contributed by atoms with Crippen molar-refractivity contribution in [1.82, 2.24) is 10.6 Å². The maximum Gasteiger partial charge on any atom is 0.255 e. The van der Waals surface area contributed by atoms with Crippen molar-refractivity contribution in [1.29, 1.82) is 0 Å². The normalized spacial score (nSPS) is 18.3. The minimum Gasteiger partial charge on any atom is -0.484 e. The number of nitrogens with one attached hydrogen (secondary N) is 2. The van der Waals surface area contributed by atoms with Crippen LogP contribution in [0.15, 0.2) is 24.3 Å². The van der Waals surface area contributed by atoms with Crippen molar-refractivity contribution in [2.75, 3.05) is 19.7 Å². The SMILES string of the molecule is NC(=O)COc1ccc(C(=O)N[C@H]2CCCNC2)cc1. The van der Waals surface area contributed by atoms with E-state index in [0.29, 0.717) is 11.3 Å². The van der Waals surface area contributed by atoms with Crippen molar-refractivity contribution in [2.45, 2.75) is 18.9 Å². The summed E-state index contributed by atoms with van der Waals surface area (Å²) in [5, 5.41) is 6.24. The lowest BCUT2D eigenvalue weighted by Gasteiger charge is -2.23. The summed E-state index contributed by atoms with van der Waals surface area (Å²) in [6.07, 6.45) is 2.07. The zero-order valence-electron chi connectivity index (χ0n) is 11.2. The van der Waals surface area contributed by atoms with Gasteiger partial charge in [-0.05, 0) is 43.7 Å². The third-order valence-electron chi connectivity index (χ3n) is 3.13. The molecule has 1 aromatic rings. The number of piperidine rings is 1. The lowest BCUT2D eigenvalue weighted by Crippen LogP contribution is -2.45. The summed E-state index contributed by atoms with van der Waals surface area (Å²) in [6.45, 7) is 1.66. The van der Waals surface area contributed by atoms with Crippen molar-refractivity contribution in [3.63, 3.8) is 0 Å². The van der Waals surface area contributed by atoms with E-state index in [9.17, 15) is 9.59 Å². The molecular formula is C14H19N3O3. The van der Waals surface area contributed by atoms with Crippen LogP contribution in [0.4, 0.5) is 0 Å². The molecule has 0 aliphatic carbocycles. The number of hydrogen-bond donors (Lipinski definition) is 3. The summed E-state index contributed by atoms with van der Waals surface area (Å²) in [4.78, 5) is 22.6. The Morgan fingerprint density at radius 1 is 1.35 bits per heavy atom. The maximum atomic E-state index is 12.0. The summed E-state index contributed by atoms with van der Waals surface area (Å²) in [6, 6.07) is 6.82. The van der Waals surface area contributed by atoms with Crippen LogP contribution in [0.3, 0.4) is 0 Å². The molecule has 0 saturated carbocycles. The monoisotopic (exact) mass is 277 g/mol. The van der Waals surface area contributed by atoms with Gasteiger partial charge in [-0.2, -0.15) is 0 Å². The average Bonchev–Trinajstić information content (AvgIpc) is 2.46. The van der Waals surface area contributed by atoms with Gasteiger partial charge in [-0.25, -0.2) is 0 Å². The van der Waals surface area contributed by atoms with E-state index >= 15 is 0 Å². The van der Waals surface area contributed by atoms with Crippen LogP contribution >= 0.6 is 0 Å². The van der Waals surface area contributed by atoms with Gasteiger partial charge in [0.2, 0.25) is 0 Å². The number of primary amides is 1. The summed E-state index contributed by atoms with van der Waals surface area (Å²) >= 11 is 0. The molecule has 20 heavy (non-hydrogen) atoms. The maximum absolute atomic E-state index is 12.0. The van der Waals surface area contributed by atoms with Crippen molar-refractivity contribution in [3.05, 3.63) is 29.8 Å². The van der Waals surface area contributed by atoms with E-state index in [1.165, 1.54) is 0 Å². The smallest absolute Gasteiger partial charge is 0.255 e. The van der Waals surface area contributed by atoms with Crippen LogP contribution in [0, 0.1) is 0 Å². The largest absolute Gasteiger partial charge is 0.484 e. The number of nitrogens with two attached hydrogens (primary N) is 1. The fourth-order valence-corrected chi connectivity index (χ4v) is 2.10. The van der Waals surface area contributed by atoms with Gasteiger partial charge in [0.15, 0.2) is 6.61 Å². The minimum atomic E-state index is -0.531. The van der Waals surface area contributed by atoms with Crippen molar-refractivity contribution >= 4 is 11.8 Å². The Kier molecular flexibility index (Phi) is 4.95. The lowest BCUT2D eigenvalue weighted by molar-refractivity contribution is -0.119. The molecule has 108 valence electrons. The molecule has 6 heteroatoms. The van der Waals surface area contributed by atoms with Gasteiger partial charge in [0.1, 0.15) is 5.75 Å². The first-order valence-corrected chi connectivity index (χ1v) is 6.68. The minimum absolute atomic E-state index is 0.0971. The Hall–Kier alpha value is -2.08. The highest BCUT2D eigenvalue weighted by molar-refractivity contribution is 5.94. The predicted molar refractivity (Wildman–Crippen MR) is 74.5 cm³/mol. The Balaban J connectivity index is 1.88. The molecule has 0 spiro atoms. The first-order valence-electron chi connectivity index (χ1n) is 6.68. The Morgan fingerprint density at radius 3 is 2.70 bits per heavy atom. The quantitative estimate of drug-likeness (QED) is 0.708. The zero-order chi connectivity index (χ0) is 14.4. The topological polar surface area (TPSA) is 93.5 Å². The lowest BCUT2D eigenvalue weighted by atomic mass is 10.1. The summed E-state index contributed by atoms with van der Waals surface area (Å²) < 4.78 is 5.14. The molecule has 2 rings (SSSR count). The number of benzene rings is 1. The highest BCUT2D eigenvalue weighted by atomic mass is 16.5. The Morgan fingerprint density at radius 2 is 2.10 bits per heavy atom. The van der Waals surface area contributed by atoms with E-state index in [1.54, 1.807) is 24.3 Å². The second-order valence-corrected chi connectivity index (χ2v) is 4.80. The molecular weight excluding hydrogens is 258 g/mol. The highest BCUT2D eigenvalue weighted by Gasteiger charge is 2.16. The highest BCUT2D eigenvalue weighted by Crippen LogP contribution is 2.12. The summed E-state index contributed by atoms with van der Waals surface area (Å²) in [7, 11) is 0. The van der Waals surface area contributed by atoms with Crippen LogP contribution in [-0.2, 0) is 4.79 Å². The van der Waals surface area contributed by atoms with Gasteiger partial charge in [0.25, 0.3) is 11.8 Å². The molecule has 1 fully saturated rings. The molecule has 1 aliphatic rings. The molecule has 1 aliphatic heterocycles. The van der Waals surface area contributed by atoms with Crippen molar-refractivity contribution < 1.29 is 14.3 Å². The van der Waals surface area contributed by atoms with E-state index < -0.39 is 5.91 Å². The molecule has 1 saturated heterocycles. The molecule has 1 aromatic carbocycles. The van der Waals surface area contributed by atoms with Gasteiger partial charge in [0, 0.05) is 18.2 Å². The summed E-state index contributed by atoms with van der Waals surface area (Å²) in [5.74, 6) is -0.114. The van der Waals surface area contributed by atoms with Crippen LogP contribution in [0.5, 0.6) is 5.75 Å². The second kappa shape index (κ2) is 6.91. The number of carbonyl (C=O) groups is 2. The van der Waals surface area contributed by atoms with Gasteiger partial charge in [-0.1, -0.05) is 0 Å². The molecule has 1 atom stereocenters. The third-order valence-corrected chi connectivity index (χ3v) is 3.13. The van der Waals surface area contributed by atoms with Crippen LogP contribution in [0.2, 0.25) is 0 Å². The van der Waals surface area contributed by atoms with E-state index in [-0.39, 0.29) is 18.6 Å². The number of rotatable bonds is 5. The molecule has 6 nitrogen and oxygen atoms in total. The second-order valence-electron chi connectivity index (χ2n) is 4.80. The van der Waals surface area contributed by atoms with Crippen LogP contribution < -0.4 is 21.1 Å². The van der Waals surface area contributed by atoms with Crippen LogP contribution in [0.25, 0.3) is 0 Å². The van der Waals surface area contributed by atoms with Gasteiger partial charge in [-0.3, -0.25) is 9.59 Å². The number of carbonyl (C=O) groups excluding carboxylic acids is 2. The number of ether oxygens (including phenoxy) is 1. The van der Waals surface area contributed by atoms with Crippen molar-refractivity contribution in [2.24, 2.45) is 5.73 Å². The predicted octanol–water partition coefficient (Wildman–Crippen LogP) is 0.0325. The Bertz CT molecular complexity index is 467. The van der Waals surface area contributed by atoms with E-state index in [2.05, 4.69) is 10.6 Å². The fraction of sp³-hybridized carbons (Fsp3) is 0.429. The average molecular weight is 277 g/mol. The van der Waals surface area contributed by atoms with E-state index in [0.717, 1.165) is 25.9 Å². The van der Waals surface area contributed by atoms with Crippen molar-refractivity contribution in [3.8, 4) is 5.75 Å². The molecule has 0 bridgehead atoms. The van der Waals surface area contributed by atoms with Gasteiger partial charge in [0.05, 0.1) is 0 Å². The first kappa shape index (κ1) is 14.3. The first-order chi connectivity index (χ1) is 9.65. The summed E-state index contributed by atoms with van der Waals surface area (Å²) in [5.41, 5.74) is 5.56. The van der Waals surface area contributed by atoms with E-state index in [4.69, 9.17) is 10.5 Å². The van der Waals surface area contributed by atoms with Gasteiger partial charge < -0.3 is 21.1 Å². The fourth-order valence-electron chi connectivity index (χ4n) is 2.10. The third kappa shape index (κ3) is 4.24. The molecule has 0 unspecified atom stereocenters. The van der Waals surface area contributed by atoms with Crippen LogP contribution in [-0.4, -0.2) is 37.6 Å². The molecule has 1 heterocycles. The standard InChI is InChI=1S/C14H19N3O3/c15-13(18)9-20-12-5-3-10(4-6-12)14(19)17-11-2-1-7-16-8-11/h3-6,11,16H,1-2,7-9H2,(H2,15,18)(H,17,19)/t11-/m0/s1.